The number of rotatable bonds is 5. The van der Waals surface area contributed by atoms with Gasteiger partial charge in [-0.05, 0) is 69.0 Å². The van der Waals surface area contributed by atoms with Gasteiger partial charge in [-0.3, -0.25) is 4.79 Å². The first-order valence-corrected chi connectivity index (χ1v) is 8.08. The SMILES string of the molecule is Cc1cc2occ(CC(=O)NCCC3CCNC3)c2cc1C.Cl. The summed E-state index contributed by atoms with van der Waals surface area (Å²) in [5.41, 5.74) is 4.27. The molecule has 1 amide bonds. The van der Waals surface area contributed by atoms with Crippen LogP contribution in [-0.4, -0.2) is 25.5 Å². The van der Waals surface area contributed by atoms with Crippen LogP contribution >= 0.6 is 12.4 Å². The quantitative estimate of drug-likeness (QED) is 0.882. The molecule has 2 aromatic rings. The van der Waals surface area contributed by atoms with Crippen LogP contribution in [-0.2, 0) is 11.2 Å². The van der Waals surface area contributed by atoms with Crippen LogP contribution in [0.4, 0.5) is 0 Å². The Morgan fingerprint density at radius 1 is 1.35 bits per heavy atom. The summed E-state index contributed by atoms with van der Waals surface area (Å²) in [6.45, 7) is 7.11. The van der Waals surface area contributed by atoms with Gasteiger partial charge in [-0.25, -0.2) is 0 Å². The molecule has 1 fully saturated rings. The van der Waals surface area contributed by atoms with Crippen LogP contribution in [0.3, 0.4) is 0 Å². The third kappa shape index (κ3) is 4.27. The Balaban J connectivity index is 0.00000192. The molecular formula is C18H25ClN2O2. The number of aryl methyl sites for hydroxylation is 2. The van der Waals surface area contributed by atoms with Gasteiger partial charge in [-0.15, -0.1) is 12.4 Å². The minimum Gasteiger partial charge on any atom is -0.464 e. The van der Waals surface area contributed by atoms with Crippen molar-refractivity contribution in [2.75, 3.05) is 19.6 Å². The van der Waals surface area contributed by atoms with Crippen molar-refractivity contribution in [1.82, 2.24) is 10.6 Å². The fourth-order valence-electron chi connectivity index (χ4n) is 3.09. The van der Waals surface area contributed by atoms with E-state index in [-0.39, 0.29) is 18.3 Å². The molecule has 1 atom stereocenters. The molecule has 126 valence electrons. The number of carbonyl (C=O) groups excluding carboxylic acids is 1. The normalized spacial score (nSPS) is 17.2. The highest BCUT2D eigenvalue weighted by Crippen LogP contribution is 2.25. The zero-order valence-electron chi connectivity index (χ0n) is 13.8. The van der Waals surface area contributed by atoms with E-state index < -0.39 is 0 Å². The van der Waals surface area contributed by atoms with Gasteiger partial charge in [-0.2, -0.15) is 0 Å². The third-order valence-corrected chi connectivity index (χ3v) is 4.66. The summed E-state index contributed by atoms with van der Waals surface area (Å²) in [6, 6.07) is 4.15. The second kappa shape index (κ2) is 7.84. The predicted molar refractivity (Wildman–Crippen MR) is 95.2 cm³/mol. The average Bonchev–Trinajstić information content (AvgIpc) is 3.11. The highest BCUT2D eigenvalue weighted by atomic mass is 35.5. The highest BCUT2D eigenvalue weighted by Gasteiger charge is 2.15. The summed E-state index contributed by atoms with van der Waals surface area (Å²) in [6.07, 6.45) is 4.38. The van der Waals surface area contributed by atoms with E-state index in [9.17, 15) is 4.79 Å². The van der Waals surface area contributed by atoms with E-state index in [2.05, 4.69) is 30.5 Å². The van der Waals surface area contributed by atoms with E-state index in [1.54, 1.807) is 6.26 Å². The van der Waals surface area contributed by atoms with Gasteiger partial charge in [0.15, 0.2) is 0 Å². The Morgan fingerprint density at radius 2 is 2.13 bits per heavy atom. The Bertz CT molecular complexity index is 675. The number of halogens is 1. The Labute approximate surface area is 143 Å². The largest absolute Gasteiger partial charge is 0.464 e. The second-order valence-corrected chi connectivity index (χ2v) is 6.37. The molecule has 23 heavy (non-hydrogen) atoms. The van der Waals surface area contributed by atoms with E-state index in [0.29, 0.717) is 12.3 Å². The van der Waals surface area contributed by atoms with Gasteiger partial charge in [0.1, 0.15) is 5.58 Å². The van der Waals surface area contributed by atoms with Crippen LogP contribution in [0, 0.1) is 19.8 Å². The lowest BCUT2D eigenvalue weighted by Crippen LogP contribution is -2.27. The minimum atomic E-state index is 0. The maximum atomic E-state index is 12.1. The third-order valence-electron chi connectivity index (χ3n) is 4.66. The van der Waals surface area contributed by atoms with Crippen LogP contribution in [0.15, 0.2) is 22.8 Å². The molecule has 1 saturated heterocycles. The molecule has 2 heterocycles. The lowest BCUT2D eigenvalue weighted by molar-refractivity contribution is -0.120. The lowest BCUT2D eigenvalue weighted by atomic mass is 10.0. The Morgan fingerprint density at radius 3 is 2.87 bits per heavy atom. The fourth-order valence-corrected chi connectivity index (χ4v) is 3.09. The van der Waals surface area contributed by atoms with Crippen LogP contribution in [0.25, 0.3) is 11.0 Å². The minimum absolute atomic E-state index is 0. The molecule has 4 nitrogen and oxygen atoms in total. The molecule has 1 unspecified atom stereocenters. The molecule has 1 aromatic carbocycles. The van der Waals surface area contributed by atoms with Gasteiger partial charge in [-0.1, -0.05) is 0 Å². The fraction of sp³-hybridized carbons (Fsp3) is 0.500. The molecule has 1 aliphatic heterocycles. The monoisotopic (exact) mass is 336 g/mol. The maximum Gasteiger partial charge on any atom is 0.224 e. The van der Waals surface area contributed by atoms with Crippen molar-refractivity contribution in [3.05, 3.63) is 35.1 Å². The standard InChI is InChI=1S/C18H24N2O2.ClH/c1-12-7-16-15(11-22-17(16)8-13(12)2)9-18(21)20-6-4-14-3-5-19-10-14;/h7-8,11,14,19H,3-6,9-10H2,1-2H3,(H,20,21);1H. The van der Waals surface area contributed by atoms with Crippen molar-refractivity contribution >= 4 is 29.3 Å². The number of carbonyl (C=O) groups is 1. The molecule has 0 radical (unpaired) electrons. The van der Waals surface area contributed by atoms with Crippen LogP contribution in [0.2, 0.25) is 0 Å². The van der Waals surface area contributed by atoms with Crippen LogP contribution in [0.5, 0.6) is 0 Å². The van der Waals surface area contributed by atoms with Crippen LogP contribution < -0.4 is 10.6 Å². The molecule has 1 aromatic heterocycles. The van der Waals surface area contributed by atoms with E-state index >= 15 is 0 Å². The molecule has 0 spiro atoms. The zero-order valence-corrected chi connectivity index (χ0v) is 14.6. The van der Waals surface area contributed by atoms with Crippen molar-refractivity contribution in [2.24, 2.45) is 5.92 Å². The molecule has 0 saturated carbocycles. The number of benzene rings is 1. The second-order valence-electron chi connectivity index (χ2n) is 6.37. The molecule has 0 bridgehead atoms. The van der Waals surface area contributed by atoms with Gasteiger partial charge in [0.2, 0.25) is 5.91 Å². The van der Waals surface area contributed by atoms with Gasteiger partial charge in [0.25, 0.3) is 0 Å². The van der Waals surface area contributed by atoms with Gasteiger partial charge in [0.05, 0.1) is 12.7 Å². The summed E-state index contributed by atoms with van der Waals surface area (Å²) < 4.78 is 5.58. The van der Waals surface area contributed by atoms with E-state index in [1.165, 1.54) is 17.5 Å². The zero-order chi connectivity index (χ0) is 15.5. The molecule has 3 rings (SSSR count). The maximum absolute atomic E-state index is 12.1. The van der Waals surface area contributed by atoms with Crippen molar-refractivity contribution in [3.8, 4) is 0 Å². The number of fused-ring (bicyclic) bond motifs is 1. The Hall–Kier alpha value is -1.52. The first kappa shape index (κ1) is 17.8. The summed E-state index contributed by atoms with van der Waals surface area (Å²) in [4.78, 5) is 12.1. The highest BCUT2D eigenvalue weighted by molar-refractivity contribution is 5.88. The summed E-state index contributed by atoms with van der Waals surface area (Å²) in [5, 5.41) is 7.44. The summed E-state index contributed by atoms with van der Waals surface area (Å²) >= 11 is 0. The first-order valence-electron chi connectivity index (χ1n) is 8.08. The van der Waals surface area contributed by atoms with Crippen molar-refractivity contribution in [3.63, 3.8) is 0 Å². The van der Waals surface area contributed by atoms with Gasteiger partial charge < -0.3 is 15.1 Å². The predicted octanol–water partition coefficient (Wildman–Crippen LogP) is 3.13. The lowest BCUT2D eigenvalue weighted by Gasteiger charge is -2.09. The number of hydrogen-bond acceptors (Lipinski definition) is 3. The van der Waals surface area contributed by atoms with Crippen LogP contribution in [0.1, 0.15) is 29.5 Å². The summed E-state index contributed by atoms with van der Waals surface area (Å²) in [7, 11) is 0. The smallest absolute Gasteiger partial charge is 0.224 e. The molecule has 2 N–H and O–H groups in total. The number of hydrogen-bond donors (Lipinski definition) is 2. The molecule has 5 heteroatoms. The number of amides is 1. The average molecular weight is 337 g/mol. The topological polar surface area (TPSA) is 54.3 Å². The number of furan rings is 1. The van der Waals surface area contributed by atoms with Gasteiger partial charge >= 0.3 is 0 Å². The Kier molecular flexibility index (Phi) is 6.08. The van der Waals surface area contributed by atoms with Crippen molar-refractivity contribution < 1.29 is 9.21 Å². The molecule has 1 aliphatic rings. The van der Waals surface area contributed by atoms with E-state index in [4.69, 9.17) is 4.42 Å². The van der Waals surface area contributed by atoms with Crippen molar-refractivity contribution in [2.45, 2.75) is 33.1 Å². The first-order chi connectivity index (χ1) is 10.6. The van der Waals surface area contributed by atoms with E-state index in [1.807, 2.05) is 6.07 Å². The van der Waals surface area contributed by atoms with Gasteiger partial charge in [0, 0.05) is 17.5 Å². The van der Waals surface area contributed by atoms with Crippen molar-refractivity contribution in [1.29, 1.82) is 0 Å². The van der Waals surface area contributed by atoms with E-state index in [0.717, 1.165) is 42.6 Å². The molecule has 0 aliphatic carbocycles. The molecular weight excluding hydrogens is 312 g/mol. The number of nitrogens with one attached hydrogen (secondary N) is 2. The summed E-state index contributed by atoms with van der Waals surface area (Å²) in [5.74, 6) is 0.785.